The summed E-state index contributed by atoms with van der Waals surface area (Å²) in [4.78, 5) is 7.61. The molecule has 0 spiro atoms. The monoisotopic (exact) mass is 817 g/mol. The van der Waals surface area contributed by atoms with Gasteiger partial charge in [-0.3, -0.25) is 0 Å². The third-order valence-corrected chi connectivity index (χ3v) is 49.1. The predicted molar refractivity (Wildman–Crippen MR) is 219 cm³/mol. The molecule has 0 bridgehead atoms. The van der Waals surface area contributed by atoms with E-state index in [0.717, 1.165) is 13.1 Å². The van der Waals surface area contributed by atoms with Gasteiger partial charge in [0, 0.05) is 0 Å². The normalized spacial score (nSPS) is 22.0. The second-order valence-corrected chi connectivity index (χ2v) is 44.1. The van der Waals surface area contributed by atoms with Gasteiger partial charge in [0.25, 0.3) is 0 Å². The molecule has 0 unspecified atom stereocenters. The van der Waals surface area contributed by atoms with Crippen LogP contribution < -0.4 is 9.80 Å². The summed E-state index contributed by atoms with van der Waals surface area (Å²) < 4.78 is 8.04. The van der Waals surface area contributed by atoms with E-state index in [-0.39, 0.29) is 0 Å². The van der Waals surface area contributed by atoms with Crippen molar-refractivity contribution in [2.45, 2.75) is 162 Å². The number of rotatable bonds is 8. The summed E-state index contributed by atoms with van der Waals surface area (Å²) in [5.74, 6) is 0. The van der Waals surface area contributed by atoms with Gasteiger partial charge in [-0.2, -0.15) is 0 Å². The molecule has 277 valence electrons. The van der Waals surface area contributed by atoms with E-state index in [9.17, 15) is 19.4 Å². The van der Waals surface area contributed by atoms with Gasteiger partial charge >= 0.3 is 309 Å². The van der Waals surface area contributed by atoms with Crippen LogP contribution in [0.2, 0.25) is 0 Å². The van der Waals surface area contributed by atoms with Crippen molar-refractivity contribution in [2.24, 2.45) is 0 Å². The van der Waals surface area contributed by atoms with E-state index >= 15 is 0 Å². The van der Waals surface area contributed by atoms with E-state index in [2.05, 4.69) is 87.3 Å². The maximum atomic E-state index is 9.27. The first-order valence-corrected chi connectivity index (χ1v) is 30.7. The van der Waals surface area contributed by atoms with E-state index in [0.29, 0.717) is 23.6 Å². The number of anilines is 2. The summed E-state index contributed by atoms with van der Waals surface area (Å²) in [6.45, 7) is 18.2. The number of benzene rings is 2. The zero-order valence-corrected chi connectivity index (χ0v) is 36.0. The first kappa shape index (κ1) is 38.1. The molecular weight excluding hydrogens is 751 g/mol. The van der Waals surface area contributed by atoms with Crippen LogP contribution in [0, 0.1) is 41.5 Å². The Labute approximate surface area is 307 Å². The minimum atomic E-state index is -4.87. The van der Waals surface area contributed by atoms with Gasteiger partial charge in [-0.05, 0) is 0 Å². The quantitative estimate of drug-likeness (QED) is 0.195. The van der Waals surface area contributed by atoms with Gasteiger partial charge in [-0.1, -0.05) is 0 Å². The second-order valence-electron chi connectivity index (χ2n) is 16.2. The van der Waals surface area contributed by atoms with Crippen molar-refractivity contribution < 1.29 is 15.0 Å². The molecule has 0 N–H and O–H groups in total. The molecule has 2 aromatic carbocycles. The van der Waals surface area contributed by atoms with Crippen molar-refractivity contribution in [1.29, 1.82) is 0 Å². The van der Waals surface area contributed by atoms with Gasteiger partial charge < -0.3 is 0 Å². The zero-order chi connectivity index (χ0) is 35.0. The topological polar surface area (TPSA) is 15.7 Å². The molecular formula is C42H66Cl2N2OPRu. The molecule has 3 aliphatic carbocycles. The average molecular weight is 818 g/mol. The molecule has 0 aromatic heterocycles. The van der Waals surface area contributed by atoms with Crippen LogP contribution in [0.15, 0.2) is 24.3 Å². The molecule has 4 aliphatic rings. The third kappa shape index (κ3) is 6.73. The number of hydrogen-bond donors (Lipinski definition) is 0. The molecule has 0 atom stereocenters. The Hall–Kier alpha value is -0.627. The molecule has 0 radical (unpaired) electrons. The molecule has 4 fully saturated rings. The summed E-state index contributed by atoms with van der Waals surface area (Å²) in [7, 11) is 13.7. The summed E-state index contributed by atoms with van der Waals surface area (Å²) in [5.41, 5.74) is 9.93. The summed E-state index contributed by atoms with van der Waals surface area (Å²) in [6, 6.07) is 9.48. The van der Waals surface area contributed by atoms with Gasteiger partial charge in [0.05, 0.1) is 0 Å². The van der Waals surface area contributed by atoms with Gasteiger partial charge in [-0.15, -0.1) is 0 Å². The Kier molecular flexibility index (Phi) is 12.0. The van der Waals surface area contributed by atoms with Crippen LogP contribution in [0.1, 0.15) is 137 Å². The van der Waals surface area contributed by atoms with E-state index in [1.165, 1.54) is 145 Å². The van der Waals surface area contributed by atoms with Crippen LogP contribution >= 0.6 is 25.0 Å². The number of hydrogen-bond acceptors (Lipinski definition) is 3. The molecule has 3 saturated carbocycles. The summed E-state index contributed by atoms with van der Waals surface area (Å²) in [5, 5.41) is 0. The van der Waals surface area contributed by atoms with Crippen LogP contribution in [0.5, 0.6) is 0 Å². The molecule has 6 rings (SSSR count). The number of aryl methyl sites for hydroxylation is 6. The standard InChI is InChI=1S/C21H26N2.C18H33P.C3H6O.2ClH.Ru/c1-14-9-16(3)20(17(4)10-14)22-7-8-23(13-22)21-18(5)11-15(2)12-19(21)6;1-4-10-16(11-5-1)19(17-12-6-2-7-13-17)18-14-8-3-9-15-18;1-3-4-2;;;/h9-12H,7-8H2,1-6H3;16-18H,1-15H2;2H,3H2,1H3;2*1H;/q;;;;;+1/p-1. The number of ether oxygens (including phenoxy) is 1. The average Bonchev–Trinajstić information content (AvgIpc) is 3.50. The van der Waals surface area contributed by atoms with E-state index in [4.69, 9.17) is 4.74 Å². The number of nitrogens with zero attached hydrogens (tertiary/aromatic N) is 2. The van der Waals surface area contributed by atoms with Gasteiger partial charge in [0.2, 0.25) is 0 Å². The van der Waals surface area contributed by atoms with Crippen LogP contribution in [0.25, 0.3) is 0 Å². The summed E-state index contributed by atoms with van der Waals surface area (Å²) >= 11 is 0. The third-order valence-electron chi connectivity index (χ3n) is 12.7. The SMILES string of the molecule is CCO[CH]=[Ru]([Cl])([Cl])(=[C]1N(c2c(C)cc(C)cc2C)CCN1c1c(C)cc(C)cc1C)[PH](C1CCCCC1)(C1CCCCC1)C1CCCCC1. The summed E-state index contributed by atoms with van der Waals surface area (Å²) in [6.07, 6.45) is 19.9. The van der Waals surface area contributed by atoms with Gasteiger partial charge in [-0.25, -0.2) is 0 Å². The van der Waals surface area contributed by atoms with Crippen molar-refractivity contribution in [3.8, 4) is 0 Å². The second kappa shape index (κ2) is 15.4. The molecule has 2 aromatic rings. The molecule has 1 aliphatic heterocycles. The number of halogens is 2. The first-order chi connectivity index (χ1) is 23.4. The Bertz CT molecular complexity index is 1510. The zero-order valence-electron chi connectivity index (χ0n) is 31.8. The molecule has 7 heteroatoms. The van der Waals surface area contributed by atoms with E-state index in [1.54, 1.807) is 0 Å². The van der Waals surface area contributed by atoms with Crippen LogP contribution in [-0.2, 0) is 15.0 Å². The Balaban J connectivity index is 1.83. The fraction of sp³-hybridized carbons (Fsp3) is 0.667. The van der Waals surface area contributed by atoms with Crippen LogP contribution in [-0.4, -0.2) is 45.8 Å². The molecule has 1 heterocycles. The van der Waals surface area contributed by atoms with Crippen LogP contribution in [0.4, 0.5) is 11.4 Å². The van der Waals surface area contributed by atoms with Crippen molar-refractivity contribution in [3.05, 3.63) is 57.6 Å². The Morgan fingerprint density at radius 3 is 1.24 bits per heavy atom. The van der Waals surface area contributed by atoms with Gasteiger partial charge in [0.1, 0.15) is 0 Å². The van der Waals surface area contributed by atoms with Gasteiger partial charge in [0.15, 0.2) is 0 Å². The minimum absolute atomic E-state index is 0.609. The fourth-order valence-electron chi connectivity index (χ4n) is 11.3. The molecule has 49 heavy (non-hydrogen) atoms. The van der Waals surface area contributed by atoms with E-state index in [1.807, 2.05) is 0 Å². The Morgan fingerprint density at radius 1 is 0.612 bits per heavy atom. The van der Waals surface area contributed by atoms with Crippen molar-refractivity contribution in [1.82, 2.24) is 0 Å². The van der Waals surface area contributed by atoms with E-state index < -0.39 is 15.8 Å². The molecule has 0 amide bonds. The van der Waals surface area contributed by atoms with Crippen molar-refractivity contribution >= 4 is 45.5 Å². The molecule has 1 saturated heterocycles. The fourth-order valence-corrected chi connectivity index (χ4v) is 57.3. The predicted octanol–water partition coefficient (Wildman–Crippen LogP) is 12.4. The van der Waals surface area contributed by atoms with Crippen molar-refractivity contribution in [3.63, 3.8) is 0 Å². The first-order valence-electron chi connectivity index (χ1n) is 19.7. The molecule has 3 nitrogen and oxygen atoms in total. The Morgan fingerprint density at radius 2 is 0.939 bits per heavy atom. The maximum absolute atomic E-state index is 9.27. The van der Waals surface area contributed by atoms with Crippen molar-refractivity contribution in [2.75, 3.05) is 29.5 Å². The van der Waals surface area contributed by atoms with Crippen LogP contribution in [0.3, 0.4) is 0 Å².